The molecule has 0 atom stereocenters. The highest BCUT2D eigenvalue weighted by molar-refractivity contribution is 5.79. The van der Waals surface area contributed by atoms with Gasteiger partial charge in [-0.2, -0.15) is 0 Å². The molecule has 0 spiro atoms. The van der Waals surface area contributed by atoms with E-state index in [0.29, 0.717) is 13.1 Å². The maximum absolute atomic E-state index is 12.7. The van der Waals surface area contributed by atoms with Crippen LogP contribution in [0.2, 0.25) is 0 Å². The minimum Gasteiger partial charge on any atom is -0.355 e. The van der Waals surface area contributed by atoms with Gasteiger partial charge in [-0.3, -0.25) is 9.59 Å². The number of carbonyl (C=O) groups is 2. The van der Waals surface area contributed by atoms with Gasteiger partial charge < -0.3 is 10.6 Å². The number of hydrogen-bond donors (Lipinski definition) is 2. The van der Waals surface area contributed by atoms with Crippen molar-refractivity contribution < 1.29 is 14.0 Å². The Kier molecular flexibility index (Phi) is 5.99. The Labute approximate surface area is 112 Å². The molecule has 0 bridgehead atoms. The fraction of sp³-hybridized carbons (Fsp3) is 0.429. The predicted octanol–water partition coefficient (Wildman–Crippen LogP) is 1.60. The zero-order chi connectivity index (χ0) is 14.3. The normalized spacial score (nSPS) is 10.3. The minimum absolute atomic E-state index is 0.0636. The fourth-order valence-electron chi connectivity index (χ4n) is 1.39. The summed E-state index contributed by atoms with van der Waals surface area (Å²) in [5.74, 6) is -0.589. The van der Waals surface area contributed by atoms with Crippen molar-refractivity contribution in [3.8, 4) is 0 Å². The average Bonchev–Trinajstić information content (AvgIpc) is 2.37. The number of carbonyl (C=O) groups excluding carboxylic acids is 2. The van der Waals surface area contributed by atoms with E-state index < -0.39 is 0 Å². The van der Waals surface area contributed by atoms with Crippen LogP contribution in [-0.2, 0) is 16.1 Å². The van der Waals surface area contributed by atoms with E-state index in [1.165, 1.54) is 12.1 Å². The lowest BCUT2D eigenvalue weighted by Crippen LogP contribution is -2.32. The van der Waals surface area contributed by atoms with Gasteiger partial charge in [0.15, 0.2) is 0 Å². The number of rotatable bonds is 6. The number of halogens is 1. The predicted molar refractivity (Wildman–Crippen MR) is 70.7 cm³/mol. The van der Waals surface area contributed by atoms with Crippen molar-refractivity contribution in [1.82, 2.24) is 10.6 Å². The summed E-state index contributed by atoms with van der Waals surface area (Å²) in [5.41, 5.74) is 0.834. The second kappa shape index (κ2) is 7.51. The number of amides is 2. The summed E-state index contributed by atoms with van der Waals surface area (Å²) < 4.78 is 12.7. The summed E-state index contributed by atoms with van der Waals surface area (Å²) in [5, 5.41) is 5.38. The summed E-state index contributed by atoms with van der Waals surface area (Å²) in [4.78, 5) is 22.8. The van der Waals surface area contributed by atoms with Crippen molar-refractivity contribution in [3.05, 3.63) is 35.6 Å². The van der Waals surface area contributed by atoms with E-state index in [9.17, 15) is 14.0 Å². The first kappa shape index (κ1) is 15.1. The number of hydrogen-bond acceptors (Lipinski definition) is 2. The molecule has 4 nitrogen and oxygen atoms in total. The summed E-state index contributed by atoms with van der Waals surface area (Å²) in [7, 11) is 0. The van der Waals surface area contributed by atoms with Crippen molar-refractivity contribution in [2.45, 2.75) is 26.8 Å². The zero-order valence-corrected chi connectivity index (χ0v) is 11.2. The molecule has 0 fully saturated rings. The second-order valence-electron chi connectivity index (χ2n) is 4.60. The number of benzene rings is 1. The molecule has 0 aliphatic rings. The monoisotopic (exact) mass is 266 g/mol. The third-order valence-corrected chi connectivity index (χ3v) is 2.58. The van der Waals surface area contributed by atoms with Crippen LogP contribution < -0.4 is 10.6 Å². The van der Waals surface area contributed by atoms with Crippen molar-refractivity contribution in [3.63, 3.8) is 0 Å². The smallest absolute Gasteiger partial charge is 0.222 e. The summed E-state index contributed by atoms with van der Waals surface area (Å²) >= 11 is 0. The quantitative estimate of drug-likeness (QED) is 0.821. The van der Waals surface area contributed by atoms with Gasteiger partial charge in [0.1, 0.15) is 5.82 Å². The van der Waals surface area contributed by atoms with Gasteiger partial charge in [0.2, 0.25) is 11.8 Å². The third kappa shape index (κ3) is 5.99. The molecule has 0 radical (unpaired) electrons. The van der Waals surface area contributed by atoms with Gasteiger partial charge in [0, 0.05) is 25.4 Å². The van der Waals surface area contributed by atoms with Gasteiger partial charge in [-0.05, 0) is 17.7 Å². The van der Waals surface area contributed by atoms with Crippen LogP contribution >= 0.6 is 0 Å². The first-order chi connectivity index (χ1) is 8.99. The maximum atomic E-state index is 12.7. The van der Waals surface area contributed by atoms with E-state index in [1.54, 1.807) is 26.0 Å². The van der Waals surface area contributed by atoms with E-state index in [1.807, 2.05) is 0 Å². The zero-order valence-electron chi connectivity index (χ0n) is 11.2. The fourth-order valence-corrected chi connectivity index (χ4v) is 1.39. The van der Waals surface area contributed by atoms with Crippen LogP contribution in [0.15, 0.2) is 24.3 Å². The Morgan fingerprint density at radius 2 is 1.79 bits per heavy atom. The lowest BCUT2D eigenvalue weighted by Gasteiger charge is -2.08. The molecule has 0 aliphatic heterocycles. The van der Waals surface area contributed by atoms with E-state index in [4.69, 9.17) is 0 Å². The molecular formula is C14H19FN2O2. The molecule has 0 aromatic heterocycles. The van der Waals surface area contributed by atoms with Crippen LogP contribution in [0.3, 0.4) is 0 Å². The molecule has 5 heteroatoms. The largest absolute Gasteiger partial charge is 0.355 e. The molecule has 1 rings (SSSR count). The van der Waals surface area contributed by atoms with Crippen molar-refractivity contribution in [1.29, 1.82) is 0 Å². The minimum atomic E-state index is -0.300. The molecule has 1 aromatic carbocycles. The summed E-state index contributed by atoms with van der Waals surface area (Å²) in [6.45, 7) is 4.28. The lowest BCUT2D eigenvalue weighted by molar-refractivity contribution is -0.124. The summed E-state index contributed by atoms with van der Waals surface area (Å²) in [6.07, 6.45) is 0.236. The van der Waals surface area contributed by atoms with Gasteiger partial charge in [-0.25, -0.2) is 4.39 Å². The molecule has 0 heterocycles. The Hall–Kier alpha value is -1.91. The third-order valence-electron chi connectivity index (χ3n) is 2.58. The van der Waals surface area contributed by atoms with Crippen LogP contribution in [0.1, 0.15) is 25.8 Å². The Morgan fingerprint density at radius 3 is 2.37 bits per heavy atom. The van der Waals surface area contributed by atoms with Crippen LogP contribution in [0.5, 0.6) is 0 Å². The Balaban J connectivity index is 2.21. The molecule has 1 aromatic rings. The SMILES string of the molecule is CC(C)C(=O)NCCC(=O)NCc1ccc(F)cc1. The molecule has 0 unspecified atom stereocenters. The Morgan fingerprint density at radius 1 is 1.16 bits per heavy atom. The number of nitrogens with one attached hydrogen (secondary N) is 2. The van der Waals surface area contributed by atoms with Crippen LogP contribution in [-0.4, -0.2) is 18.4 Å². The van der Waals surface area contributed by atoms with E-state index >= 15 is 0 Å². The topological polar surface area (TPSA) is 58.2 Å². The molecule has 19 heavy (non-hydrogen) atoms. The van der Waals surface area contributed by atoms with Gasteiger partial charge in [-0.15, -0.1) is 0 Å². The van der Waals surface area contributed by atoms with Gasteiger partial charge in [0.25, 0.3) is 0 Å². The second-order valence-corrected chi connectivity index (χ2v) is 4.60. The highest BCUT2D eigenvalue weighted by Crippen LogP contribution is 2.02. The van der Waals surface area contributed by atoms with Crippen molar-refractivity contribution in [2.75, 3.05) is 6.54 Å². The average molecular weight is 266 g/mol. The molecule has 0 saturated carbocycles. The first-order valence-corrected chi connectivity index (χ1v) is 6.28. The highest BCUT2D eigenvalue weighted by Gasteiger charge is 2.07. The van der Waals surface area contributed by atoms with Gasteiger partial charge >= 0.3 is 0 Å². The van der Waals surface area contributed by atoms with Crippen LogP contribution in [0.4, 0.5) is 4.39 Å². The van der Waals surface area contributed by atoms with Gasteiger partial charge in [-0.1, -0.05) is 26.0 Å². The maximum Gasteiger partial charge on any atom is 0.222 e. The molecular weight excluding hydrogens is 247 g/mol. The van der Waals surface area contributed by atoms with E-state index in [2.05, 4.69) is 10.6 Å². The molecule has 104 valence electrons. The van der Waals surface area contributed by atoms with E-state index in [0.717, 1.165) is 5.56 Å². The summed E-state index contributed by atoms with van der Waals surface area (Å²) in [6, 6.07) is 5.95. The van der Waals surface area contributed by atoms with Crippen molar-refractivity contribution in [2.24, 2.45) is 5.92 Å². The molecule has 0 aliphatic carbocycles. The lowest BCUT2D eigenvalue weighted by atomic mass is 10.2. The van der Waals surface area contributed by atoms with Crippen LogP contribution in [0, 0.1) is 11.7 Å². The van der Waals surface area contributed by atoms with E-state index in [-0.39, 0.29) is 30.0 Å². The first-order valence-electron chi connectivity index (χ1n) is 6.28. The molecule has 2 N–H and O–H groups in total. The van der Waals surface area contributed by atoms with Gasteiger partial charge in [0.05, 0.1) is 0 Å². The highest BCUT2D eigenvalue weighted by atomic mass is 19.1. The molecule has 0 saturated heterocycles. The van der Waals surface area contributed by atoms with Crippen LogP contribution in [0.25, 0.3) is 0 Å². The molecule has 2 amide bonds. The van der Waals surface area contributed by atoms with Crippen molar-refractivity contribution >= 4 is 11.8 Å². The standard InChI is InChI=1S/C14H19FN2O2/c1-10(2)14(19)16-8-7-13(18)17-9-11-3-5-12(15)6-4-11/h3-6,10H,7-9H2,1-2H3,(H,16,19)(H,17,18). The Bertz CT molecular complexity index is 430.